The smallest absolute Gasteiger partial charge is 0.270 e. The van der Waals surface area contributed by atoms with Gasteiger partial charge < -0.3 is 9.73 Å². The summed E-state index contributed by atoms with van der Waals surface area (Å²) in [5.41, 5.74) is 2.03. The van der Waals surface area contributed by atoms with E-state index in [2.05, 4.69) is 10.4 Å². The van der Waals surface area contributed by atoms with E-state index in [0.29, 0.717) is 17.1 Å². The zero-order valence-corrected chi connectivity index (χ0v) is 13.3. The second kappa shape index (κ2) is 6.35. The van der Waals surface area contributed by atoms with Gasteiger partial charge in [0.25, 0.3) is 5.91 Å². The van der Waals surface area contributed by atoms with Crippen molar-refractivity contribution in [3.8, 4) is 17.1 Å². The van der Waals surface area contributed by atoms with Gasteiger partial charge in [-0.2, -0.15) is 5.10 Å². The summed E-state index contributed by atoms with van der Waals surface area (Å²) in [5.74, 6) is 0.565. The zero-order chi connectivity index (χ0) is 16.4. The van der Waals surface area contributed by atoms with E-state index in [1.807, 2.05) is 42.5 Å². The molecular weight excluding hydrogens is 302 g/mol. The summed E-state index contributed by atoms with van der Waals surface area (Å²) in [6.45, 7) is 0. The Hall–Kier alpha value is -2.82. The van der Waals surface area contributed by atoms with Gasteiger partial charge in [-0.15, -0.1) is 0 Å². The third-order valence-corrected chi connectivity index (χ3v) is 4.41. The van der Waals surface area contributed by atoms with Crippen molar-refractivity contribution in [2.24, 2.45) is 0 Å². The first-order valence-electron chi connectivity index (χ1n) is 8.31. The molecule has 0 unspecified atom stereocenters. The lowest BCUT2D eigenvalue weighted by Crippen LogP contribution is -2.33. The molecule has 0 atom stereocenters. The van der Waals surface area contributed by atoms with E-state index in [-0.39, 0.29) is 11.9 Å². The normalized spacial score (nSPS) is 14.8. The summed E-state index contributed by atoms with van der Waals surface area (Å²) in [6, 6.07) is 15.4. The highest BCUT2D eigenvalue weighted by Gasteiger charge is 2.22. The van der Waals surface area contributed by atoms with Crippen LogP contribution >= 0.6 is 0 Å². The molecule has 0 saturated heterocycles. The van der Waals surface area contributed by atoms with Crippen LogP contribution in [0.5, 0.6) is 0 Å². The number of furan rings is 1. The van der Waals surface area contributed by atoms with Crippen molar-refractivity contribution in [1.29, 1.82) is 0 Å². The van der Waals surface area contributed by atoms with Crippen LogP contribution < -0.4 is 5.32 Å². The summed E-state index contributed by atoms with van der Waals surface area (Å²) in [6.07, 6.45) is 6.07. The number of nitrogens with zero attached hydrogens (tertiary/aromatic N) is 2. The molecule has 2 aromatic heterocycles. The van der Waals surface area contributed by atoms with Crippen molar-refractivity contribution < 1.29 is 9.21 Å². The molecule has 2 heterocycles. The van der Waals surface area contributed by atoms with Crippen LogP contribution in [0.4, 0.5) is 0 Å². The van der Waals surface area contributed by atoms with Crippen LogP contribution in [-0.2, 0) is 0 Å². The molecule has 5 heteroatoms. The molecule has 1 fully saturated rings. The highest BCUT2D eigenvalue weighted by atomic mass is 16.3. The zero-order valence-electron chi connectivity index (χ0n) is 13.3. The molecule has 3 aromatic rings. The average molecular weight is 321 g/mol. The number of hydrogen-bond acceptors (Lipinski definition) is 3. The summed E-state index contributed by atoms with van der Waals surface area (Å²) >= 11 is 0. The summed E-state index contributed by atoms with van der Waals surface area (Å²) in [4.78, 5) is 12.8. The Labute approximate surface area is 140 Å². The molecule has 1 aliphatic rings. The Morgan fingerprint density at radius 3 is 2.62 bits per heavy atom. The first-order valence-corrected chi connectivity index (χ1v) is 8.31. The average Bonchev–Trinajstić information content (AvgIpc) is 3.36. The second-order valence-corrected chi connectivity index (χ2v) is 6.09. The van der Waals surface area contributed by atoms with Gasteiger partial charge in [-0.25, -0.2) is 4.68 Å². The molecular formula is C19H19N3O2. The van der Waals surface area contributed by atoms with E-state index >= 15 is 0 Å². The van der Waals surface area contributed by atoms with Crippen molar-refractivity contribution in [3.05, 3.63) is 60.5 Å². The fourth-order valence-corrected chi connectivity index (χ4v) is 3.18. The van der Waals surface area contributed by atoms with Crippen molar-refractivity contribution in [1.82, 2.24) is 15.1 Å². The Morgan fingerprint density at radius 1 is 1.12 bits per heavy atom. The van der Waals surface area contributed by atoms with Crippen molar-refractivity contribution in [3.63, 3.8) is 0 Å². The van der Waals surface area contributed by atoms with Gasteiger partial charge in [0.1, 0.15) is 11.4 Å². The minimum absolute atomic E-state index is 0.0870. The van der Waals surface area contributed by atoms with Crippen molar-refractivity contribution in [2.75, 3.05) is 0 Å². The molecule has 1 amide bonds. The number of para-hydroxylation sites is 1. The number of benzene rings is 1. The molecule has 5 nitrogen and oxygen atoms in total. The first-order chi connectivity index (χ1) is 11.8. The van der Waals surface area contributed by atoms with Gasteiger partial charge in [-0.3, -0.25) is 4.79 Å². The van der Waals surface area contributed by atoms with Gasteiger partial charge in [0.15, 0.2) is 5.76 Å². The van der Waals surface area contributed by atoms with Crippen molar-refractivity contribution >= 4 is 5.91 Å². The molecule has 1 saturated carbocycles. The molecule has 4 rings (SSSR count). The van der Waals surface area contributed by atoms with Crippen molar-refractivity contribution in [2.45, 2.75) is 31.7 Å². The number of hydrogen-bond donors (Lipinski definition) is 1. The summed E-state index contributed by atoms with van der Waals surface area (Å²) in [7, 11) is 0. The van der Waals surface area contributed by atoms with E-state index in [1.165, 1.54) is 12.8 Å². The topological polar surface area (TPSA) is 60.1 Å². The van der Waals surface area contributed by atoms with E-state index in [9.17, 15) is 4.79 Å². The number of amides is 1. The Morgan fingerprint density at radius 2 is 1.92 bits per heavy atom. The molecule has 24 heavy (non-hydrogen) atoms. The first kappa shape index (κ1) is 14.8. The second-order valence-electron chi connectivity index (χ2n) is 6.09. The van der Waals surface area contributed by atoms with E-state index in [4.69, 9.17) is 4.42 Å². The van der Waals surface area contributed by atoms with E-state index < -0.39 is 0 Å². The van der Waals surface area contributed by atoms with E-state index in [0.717, 1.165) is 18.5 Å². The quantitative estimate of drug-likeness (QED) is 0.795. The number of carbonyl (C=O) groups is 1. The largest absolute Gasteiger partial charge is 0.463 e. The fraction of sp³-hybridized carbons (Fsp3) is 0.263. The highest BCUT2D eigenvalue weighted by Crippen LogP contribution is 2.23. The SMILES string of the molecule is O=C(NC1CCCC1)c1cc(-c2ccco2)nn1-c1ccccc1. The van der Waals surface area contributed by atoms with Crippen LogP contribution in [0.3, 0.4) is 0 Å². The molecule has 1 aromatic carbocycles. The Balaban J connectivity index is 1.71. The lowest BCUT2D eigenvalue weighted by Gasteiger charge is -2.12. The van der Waals surface area contributed by atoms with Gasteiger partial charge in [0, 0.05) is 12.1 Å². The molecule has 0 aliphatic heterocycles. The van der Waals surface area contributed by atoms with Crippen LogP contribution in [0.1, 0.15) is 36.2 Å². The van der Waals surface area contributed by atoms with E-state index in [1.54, 1.807) is 17.0 Å². The molecule has 1 aliphatic carbocycles. The van der Waals surface area contributed by atoms with Crippen LogP contribution in [0.25, 0.3) is 17.1 Å². The monoisotopic (exact) mass is 321 g/mol. The van der Waals surface area contributed by atoms with Crippen LogP contribution in [-0.4, -0.2) is 21.7 Å². The Kier molecular flexibility index (Phi) is 3.91. The summed E-state index contributed by atoms with van der Waals surface area (Å²) < 4.78 is 7.11. The lowest BCUT2D eigenvalue weighted by molar-refractivity contribution is 0.0930. The molecule has 0 spiro atoms. The lowest BCUT2D eigenvalue weighted by atomic mass is 10.2. The predicted octanol–water partition coefficient (Wildman–Crippen LogP) is 3.80. The number of rotatable bonds is 4. The van der Waals surface area contributed by atoms with Crippen LogP contribution in [0.15, 0.2) is 59.2 Å². The standard InChI is InChI=1S/C19H19N3O2/c23-19(20-14-7-4-5-8-14)17-13-16(18-11-6-12-24-18)21-22(17)15-9-2-1-3-10-15/h1-3,6,9-14H,4-5,7-8H2,(H,20,23). The maximum absolute atomic E-state index is 12.8. The number of carbonyl (C=O) groups excluding carboxylic acids is 1. The minimum Gasteiger partial charge on any atom is -0.463 e. The fourth-order valence-electron chi connectivity index (χ4n) is 3.18. The van der Waals surface area contributed by atoms with Gasteiger partial charge in [-0.05, 0) is 37.1 Å². The minimum atomic E-state index is -0.0870. The van der Waals surface area contributed by atoms with Gasteiger partial charge >= 0.3 is 0 Å². The summed E-state index contributed by atoms with van der Waals surface area (Å²) in [5, 5.41) is 7.71. The van der Waals surface area contributed by atoms with Crippen LogP contribution in [0.2, 0.25) is 0 Å². The predicted molar refractivity (Wildman–Crippen MR) is 91.0 cm³/mol. The number of aromatic nitrogens is 2. The third-order valence-electron chi connectivity index (χ3n) is 4.41. The van der Waals surface area contributed by atoms with Gasteiger partial charge in [0.05, 0.1) is 12.0 Å². The van der Waals surface area contributed by atoms with Gasteiger partial charge in [-0.1, -0.05) is 31.0 Å². The third kappa shape index (κ3) is 2.85. The number of nitrogens with one attached hydrogen (secondary N) is 1. The molecule has 0 radical (unpaired) electrons. The highest BCUT2D eigenvalue weighted by molar-refractivity contribution is 5.94. The maximum atomic E-state index is 12.8. The van der Waals surface area contributed by atoms with Gasteiger partial charge in [0.2, 0.25) is 0 Å². The molecule has 122 valence electrons. The van der Waals surface area contributed by atoms with Crippen LogP contribution in [0, 0.1) is 0 Å². The molecule has 1 N–H and O–H groups in total. The maximum Gasteiger partial charge on any atom is 0.270 e. The Bertz CT molecular complexity index is 816. The molecule has 0 bridgehead atoms.